The van der Waals surface area contributed by atoms with Gasteiger partial charge in [0.2, 0.25) is 0 Å². The maximum atomic E-state index is 13.7. The largest absolute Gasteiger partial charge is 0.466 e. The number of carbonyl (C=O) groups is 1. The van der Waals surface area contributed by atoms with Crippen LogP contribution in [0.15, 0.2) is 22.6 Å². The molecule has 0 aliphatic heterocycles. The summed E-state index contributed by atoms with van der Waals surface area (Å²) in [4.78, 5) is 12.1. The number of halogens is 2. The average Bonchev–Trinajstić information content (AvgIpc) is 2.65. The smallest absolute Gasteiger partial charge is 0.199 e. The third-order valence-corrected chi connectivity index (χ3v) is 2.81. The van der Waals surface area contributed by atoms with E-state index in [9.17, 15) is 13.6 Å². The van der Waals surface area contributed by atoms with E-state index in [0.29, 0.717) is 11.5 Å². The first-order valence-electron chi connectivity index (χ1n) is 5.48. The highest BCUT2D eigenvalue weighted by atomic mass is 19.2. The van der Waals surface area contributed by atoms with Gasteiger partial charge in [-0.25, -0.2) is 8.78 Å². The van der Waals surface area contributed by atoms with Crippen molar-refractivity contribution in [3.63, 3.8) is 0 Å². The van der Waals surface area contributed by atoms with Gasteiger partial charge in [0, 0.05) is 0 Å². The van der Waals surface area contributed by atoms with Crippen molar-refractivity contribution < 1.29 is 18.0 Å². The van der Waals surface area contributed by atoms with Crippen LogP contribution in [0.25, 0.3) is 0 Å². The second kappa shape index (κ2) is 4.37. The summed E-state index contributed by atoms with van der Waals surface area (Å²) in [5.41, 5.74) is 0.154. The molecule has 94 valence electrons. The lowest BCUT2D eigenvalue weighted by Crippen LogP contribution is -2.07. The van der Waals surface area contributed by atoms with Gasteiger partial charge in [-0.1, -0.05) is 6.07 Å². The van der Waals surface area contributed by atoms with E-state index in [4.69, 9.17) is 4.42 Å². The van der Waals surface area contributed by atoms with Gasteiger partial charge in [-0.2, -0.15) is 0 Å². The minimum Gasteiger partial charge on any atom is -0.466 e. The van der Waals surface area contributed by atoms with Gasteiger partial charge in [-0.3, -0.25) is 4.79 Å². The minimum atomic E-state index is -1.11. The van der Waals surface area contributed by atoms with Crippen molar-refractivity contribution in [2.24, 2.45) is 0 Å². The Hall–Kier alpha value is -1.97. The van der Waals surface area contributed by atoms with E-state index in [1.165, 1.54) is 25.1 Å². The molecular formula is C14H12F2O2. The van der Waals surface area contributed by atoms with E-state index in [1.54, 1.807) is 13.8 Å². The van der Waals surface area contributed by atoms with Crippen molar-refractivity contribution in [1.29, 1.82) is 0 Å². The predicted molar refractivity (Wildman–Crippen MR) is 62.7 cm³/mol. The molecule has 0 bridgehead atoms. The molecule has 0 fully saturated rings. The first kappa shape index (κ1) is 12.5. The van der Waals surface area contributed by atoms with Gasteiger partial charge in [-0.05, 0) is 38.5 Å². The molecule has 1 aromatic heterocycles. The number of carbonyl (C=O) groups excluding carboxylic acids is 1. The van der Waals surface area contributed by atoms with E-state index < -0.39 is 17.4 Å². The Labute approximate surface area is 103 Å². The van der Waals surface area contributed by atoms with Crippen LogP contribution < -0.4 is 0 Å². The van der Waals surface area contributed by atoms with Crippen LogP contribution in [-0.4, -0.2) is 5.78 Å². The fourth-order valence-corrected chi connectivity index (χ4v) is 1.82. The van der Waals surface area contributed by atoms with Crippen molar-refractivity contribution in [1.82, 2.24) is 0 Å². The lowest BCUT2D eigenvalue weighted by molar-refractivity contribution is 0.103. The van der Waals surface area contributed by atoms with E-state index in [1.807, 2.05) is 0 Å². The highest BCUT2D eigenvalue weighted by Crippen LogP contribution is 2.22. The Morgan fingerprint density at radius 1 is 1.06 bits per heavy atom. The monoisotopic (exact) mass is 250 g/mol. The SMILES string of the molecule is Cc1cc(C(=O)c2ccc(C)c(F)c2F)c(C)o1. The number of hydrogen-bond acceptors (Lipinski definition) is 2. The fourth-order valence-electron chi connectivity index (χ4n) is 1.82. The van der Waals surface area contributed by atoms with Crippen molar-refractivity contribution in [2.75, 3.05) is 0 Å². The summed E-state index contributed by atoms with van der Waals surface area (Å²) < 4.78 is 32.3. The Balaban J connectivity index is 2.53. The minimum absolute atomic E-state index is 0.171. The first-order chi connectivity index (χ1) is 8.41. The van der Waals surface area contributed by atoms with Gasteiger partial charge in [-0.15, -0.1) is 0 Å². The Morgan fingerprint density at radius 2 is 1.72 bits per heavy atom. The molecule has 0 radical (unpaired) electrons. The van der Waals surface area contributed by atoms with Crippen molar-refractivity contribution in [2.45, 2.75) is 20.8 Å². The molecule has 0 saturated heterocycles. The number of ketones is 1. The predicted octanol–water partition coefficient (Wildman–Crippen LogP) is 3.71. The number of aryl methyl sites for hydroxylation is 3. The highest BCUT2D eigenvalue weighted by Gasteiger charge is 2.21. The summed E-state index contributed by atoms with van der Waals surface area (Å²) >= 11 is 0. The lowest BCUT2D eigenvalue weighted by atomic mass is 10.0. The van der Waals surface area contributed by atoms with Gasteiger partial charge >= 0.3 is 0 Å². The molecule has 0 aliphatic carbocycles. The summed E-state index contributed by atoms with van der Waals surface area (Å²) in [6.45, 7) is 4.75. The van der Waals surface area contributed by atoms with E-state index in [2.05, 4.69) is 0 Å². The maximum Gasteiger partial charge on any atom is 0.199 e. The van der Waals surface area contributed by atoms with E-state index in [0.717, 1.165) is 0 Å². The Kier molecular flexibility index (Phi) is 3.03. The summed E-state index contributed by atoms with van der Waals surface area (Å²) in [6, 6.07) is 4.20. The summed E-state index contributed by atoms with van der Waals surface area (Å²) in [6.07, 6.45) is 0. The number of rotatable bonds is 2. The molecule has 0 atom stereocenters. The quantitative estimate of drug-likeness (QED) is 0.760. The van der Waals surface area contributed by atoms with Gasteiger partial charge in [0.05, 0.1) is 11.1 Å². The second-order valence-corrected chi connectivity index (χ2v) is 4.21. The highest BCUT2D eigenvalue weighted by molar-refractivity contribution is 6.09. The van der Waals surface area contributed by atoms with Crippen LogP contribution in [0, 0.1) is 32.4 Å². The molecule has 0 spiro atoms. The van der Waals surface area contributed by atoms with Crippen LogP contribution in [0.4, 0.5) is 8.78 Å². The first-order valence-corrected chi connectivity index (χ1v) is 5.48. The fraction of sp³-hybridized carbons (Fsp3) is 0.214. The number of benzene rings is 1. The lowest BCUT2D eigenvalue weighted by Gasteiger charge is -2.04. The molecule has 0 aliphatic rings. The van der Waals surface area contributed by atoms with Gasteiger partial charge in [0.1, 0.15) is 11.5 Å². The molecule has 18 heavy (non-hydrogen) atoms. The third kappa shape index (κ3) is 1.94. The molecule has 0 unspecified atom stereocenters. The molecule has 2 rings (SSSR count). The second-order valence-electron chi connectivity index (χ2n) is 4.21. The zero-order valence-corrected chi connectivity index (χ0v) is 10.3. The molecule has 2 aromatic rings. The van der Waals surface area contributed by atoms with Crippen LogP contribution in [0.1, 0.15) is 33.0 Å². The number of furan rings is 1. The molecule has 0 saturated carbocycles. The summed E-state index contributed by atoms with van der Waals surface area (Å²) in [5.74, 6) is -1.71. The topological polar surface area (TPSA) is 30.2 Å². The van der Waals surface area contributed by atoms with Crippen LogP contribution in [-0.2, 0) is 0 Å². The van der Waals surface area contributed by atoms with Crippen LogP contribution in [0.5, 0.6) is 0 Å². The third-order valence-electron chi connectivity index (χ3n) is 2.81. The van der Waals surface area contributed by atoms with Crippen LogP contribution in [0.3, 0.4) is 0 Å². The molecule has 4 heteroatoms. The van der Waals surface area contributed by atoms with Gasteiger partial charge in [0.15, 0.2) is 17.4 Å². The van der Waals surface area contributed by atoms with Gasteiger partial charge in [0.25, 0.3) is 0 Å². The van der Waals surface area contributed by atoms with E-state index >= 15 is 0 Å². The van der Waals surface area contributed by atoms with Crippen molar-refractivity contribution in [3.8, 4) is 0 Å². The maximum absolute atomic E-state index is 13.7. The van der Waals surface area contributed by atoms with Gasteiger partial charge < -0.3 is 4.42 Å². The molecule has 2 nitrogen and oxygen atoms in total. The Morgan fingerprint density at radius 3 is 2.28 bits per heavy atom. The molecule has 0 amide bonds. The van der Waals surface area contributed by atoms with Crippen LogP contribution >= 0.6 is 0 Å². The number of hydrogen-bond donors (Lipinski definition) is 0. The molecule has 1 aromatic carbocycles. The normalized spacial score (nSPS) is 10.7. The zero-order valence-electron chi connectivity index (χ0n) is 10.3. The standard InChI is InChI=1S/C14H12F2O2/c1-7-4-5-10(13(16)12(7)15)14(17)11-6-8(2)18-9(11)3/h4-6H,1-3H3. The van der Waals surface area contributed by atoms with Crippen LogP contribution in [0.2, 0.25) is 0 Å². The molecule has 1 heterocycles. The molecule has 0 N–H and O–H groups in total. The zero-order chi connectivity index (χ0) is 13.4. The average molecular weight is 250 g/mol. The Bertz CT molecular complexity index is 627. The molecular weight excluding hydrogens is 238 g/mol. The van der Waals surface area contributed by atoms with Crippen molar-refractivity contribution in [3.05, 3.63) is 58.0 Å². The van der Waals surface area contributed by atoms with Crippen molar-refractivity contribution >= 4 is 5.78 Å². The van der Waals surface area contributed by atoms with E-state index in [-0.39, 0.29) is 16.7 Å². The summed E-state index contributed by atoms with van der Waals surface area (Å²) in [7, 11) is 0. The summed E-state index contributed by atoms with van der Waals surface area (Å²) in [5, 5.41) is 0.